The lowest BCUT2D eigenvalue weighted by atomic mass is 10.0. The molecule has 0 saturated carbocycles. The van der Waals surface area contributed by atoms with Crippen molar-refractivity contribution in [1.82, 2.24) is 0 Å². The second-order valence-corrected chi connectivity index (χ2v) is 6.27. The molecule has 0 radical (unpaired) electrons. The summed E-state index contributed by atoms with van der Waals surface area (Å²) in [6.45, 7) is 4.52. The molecule has 116 valence electrons. The second-order valence-electron chi connectivity index (χ2n) is 6.27. The van der Waals surface area contributed by atoms with Crippen molar-refractivity contribution in [2.75, 3.05) is 13.3 Å². The number of ether oxygens (including phenoxy) is 2. The topological polar surface area (TPSA) is 53.1 Å². The number of hydrogen-bond acceptors (Lipinski definition) is 4. The fraction of sp³-hybridized carbons (Fsp3) is 0.471. The Bertz CT molecular complexity index is 767. The van der Waals surface area contributed by atoms with Crippen molar-refractivity contribution in [1.29, 1.82) is 0 Å². The Kier molecular flexibility index (Phi) is 3.30. The Morgan fingerprint density at radius 3 is 2.82 bits per heavy atom. The highest BCUT2D eigenvalue weighted by molar-refractivity contribution is 5.84. The summed E-state index contributed by atoms with van der Waals surface area (Å²) in [4.78, 5) is 13.4. The largest absolute Gasteiger partial charge is 0.454 e. The van der Waals surface area contributed by atoms with Gasteiger partial charge in [0.2, 0.25) is 6.79 Å². The van der Waals surface area contributed by atoms with Gasteiger partial charge < -0.3 is 18.8 Å². The molecule has 22 heavy (non-hydrogen) atoms. The number of rotatable bonds is 2. The van der Waals surface area contributed by atoms with E-state index in [4.69, 9.17) is 13.9 Å². The average Bonchev–Trinajstić information content (AvgIpc) is 2.95. The van der Waals surface area contributed by atoms with Crippen LogP contribution in [0.1, 0.15) is 31.7 Å². The molecule has 2 aromatic rings. The lowest BCUT2D eigenvalue weighted by Crippen LogP contribution is -3.14. The zero-order valence-electron chi connectivity index (χ0n) is 12.7. The van der Waals surface area contributed by atoms with E-state index in [1.807, 2.05) is 6.07 Å². The average molecular weight is 302 g/mol. The van der Waals surface area contributed by atoms with Gasteiger partial charge in [0.05, 0.1) is 12.6 Å². The summed E-state index contributed by atoms with van der Waals surface area (Å²) in [6, 6.07) is 5.95. The molecule has 0 amide bonds. The molecule has 1 aromatic carbocycles. The number of hydrogen-bond donors (Lipinski definition) is 1. The van der Waals surface area contributed by atoms with Crippen LogP contribution in [0.15, 0.2) is 27.4 Å². The van der Waals surface area contributed by atoms with Crippen molar-refractivity contribution < 1.29 is 18.8 Å². The molecular formula is C17H20NO4+. The normalized spacial score (nSPS) is 23.9. The summed E-state index contributed by atoms with van der Waals surface area (Å²) in [7, 11) is 0. The van der Waals surface area contributed by atoms with Crippen molar-refractivity contribution in [3.8, 4) is 11.5 Å². The van der Waals surface area contributed by atoms with Crippen LogP contribution in [0.4, 0.5) is 0 Å². The van der Waals surface area contributed by atoms with Gasteiger partial charge in [-0.05, 0) is 32.3 Å². The van der Waals surface area contributed by atoms with Gasteiger partial charge in [0.1, 0.15) is 12.1 Å². The monoisotopic (exact) mass is 302 g/mol. The first kappa shape index (κ1) is 13.6. The van der Waals surface area contributed by atoms with Gasteiger partial charge >= 0.3 is 5.63 Å². The Morgan fingerprint density at radius 2 is 2.00 bits per heavy atom. The van der Waals surface area contributed by atoms with E-state index in [0.29, 0.717) is 17.4 Å². The zero-order chi connectivity index (χ0) is 15.1. The molecule has 2 atom stereocenters. The summed E-state index contributed by atoms with van der Waals surface area (Å²) in [5.41, 5.74) is 1.31. The highest BCUT2D eigenvalue weighted by Gasteiger charge is 2.24. The Hall–Kier alpha value is -2.01. The Labute approximate surface area is 128 Å². The number of likely N-dealkylation sites (tertiary alicyclic amines) is 1. The highest BCUT2D eigenvalue weighted by Crippen LogP contribution is 2.36. The molecule has 0 spiro atoms. The van der Waals surface area contributed by atoms with Gasteiger partial charge in [-0.15, -0.1) is 0 Å². The molecular weight excluding hydrogens is 282 g/mol. The van der Waals surface area contributed by atoms with Crippen LogP contribution in [0.5, 0.6) is 11.5 Å². The SMILES string of the molecule is C[C@@H]1CCCC[NH+]1Cc1cc(=O)oc2cc3c(cc12)OCO3. The molecule has 1 unspecified atom stereocenters. The van der Waals surface area contributed by atoms with E-state index in [-0.39, 0.29) is 12.4 Å². The van der Waals surface area contributed by atoms with Gasteiger partial charge in [0.15, 0.2) is 11.5 Å². The van der Waals surface area contributed by atoms with Crippen molar-refractivity contribution in [2.24, 2.45) is 0 Å². The van der Waals surface area contributed by atoms with Crippen LogP contribution < -0.4 is 20.0 Å². The third-order valence-electron chi connectivity index (χ3n) is 4.82. The lowest BCUT2D eigenvalue weighted by molar-refractivity contribution is -0.941. The molecule has 1 saturated heterocycles. The first-order chi connectivity index (χ1) is 10.7. The molecule has 1 aromatic heterocycles. The lowest BCUT2D eigenvalue weighted by Gasteiger charge is -2.30. The summed E-state index contributed by atoms with van der Waals surface area (Å²) < 4.78 is 16.2. The predicted molar refractivity (Wildman–Crippen MR) is 81.5 cm³/mol. The third-order valence-corrected chi connectivity index (χ3v) is 4.82. The van der Waals surface area contributed by atoms with E-state index in [2.05, 4.69) is 6.92 Å². The maximum absolute atomic E-state index is 11.9. The number of fused-ring (bicyclic) bond motifs is 2. The number of nitrogens with one attached hydrogen (secondary N) is 1. The Balaban J connectivity index is 1.77. The minimum Gasteiger partial charge on any atom is -0.454 e. The van der Waals surface area contributed by atoms with Crippen LogP contribution >= 0.6 is 0 Å². The van der Waals surface area contributed by atoms with Crippen molar-refractivity contribution >= 4 is 11.0 Å². The number of piperidine rings is 1. The van der Waals surface area contributed by atoms with Gasteiger partial charge in [-0.1, -0.05) is 0 Å². The van der Waals surface area contributed by atoms with Gasteiger partial charge in [0.25, 0.3) is 0 Å². The van der Waals surface area contributed by atoms with Crippen molar-refractivity contribution in [2.45, 2.75) is 38.8 Å². The van der Waals surface area contributed by atoms with E-state index >= 15 is 0 Å². The summed E-state index contributed by atoms with van der Waals surface area (Å²) in [5, 5.41) is 0.953. The van der Waals surface area contributed by atoms with Gasteiger partial charge in [0, 0.05) is 23.1 Å². The first-order valence-corrected chi connectivity index (χ1v) is 7.91. The van der Waals surface area contributed by atoms with Crippen molar-refractivity contribution in [3.05, 3.63) is 34.2 Å². The molecule has 1 fully saturated rings. The van der Waals surface area contributed by atoms with Gasteiger partial charge in [-0.2, -0.15) is 0 Å². The van der Waals surface area contributed by atoms with Crippen LogP contribution in [-0.2, 0) is 6.54 Å². The van der Waals surface area contributed by atoms with E-state index < -0.39 is 0 Å². The molecule has 4 rings (SSSR count). The second kappa shape index (κ2) is 5.32. The molecule has 5 nitrogen and oxygen atoms in total. The molecule has 5 heteroatoms. The van der Waals surface area contributed by atoms with Gasteiger partial charge in [-0.3, -0.25) is 0 Å². The molecule has 2 aliphatic rings. The van der Waals surface area contributed by atoms with Gasteiger partial charge in [-0.25, -0.2) is 4.79 Å². The predicted octanol–water partition coefficient (Wildman–Crippen LogP) is 1.48. The van der Waals surface area contributed by atoms with Crippen LogP contribution in [0, 0.1) is 0 Å². The first-order valence-electron chi connectivity index (χ1n) is 7.91. The maximum atomic E-state index is 11.9. The third kappa shape index (κ3) is 2.35. The van der Waals surface area contributed by atoms with Crippen LogP contribution in [0.3, 0.4) is 0 Å². The fourth-order valence-electron chi connectivity index (χ4n) is 3.52. The fourth-order valence-corrected chi connectivity index (χ4v) is 3.52. The molecule has 0 aliphatic carbocycles. The highest BCUT2D eigenvalue weighted by atomic mass is 16.7. The smallest absolute Gasteiger partial charge is 0.336 e. The quantitative estimate of drug-likeness (QED) is 0.854. The van der Waals surface area contributed by atoms with E-state index in [1.54, 1.807) is 12.1 Å². The summed E-state index contributed by atoms with van der Waals surface area (Å²) >= 11 is 0. The number of benzene rings is 1. The summed E-state index contributed by atoms with van der Waals surface area (Å²) in [5.74, 6) is 1.37. The van der Waals surface area contributed by atoms with Crippen LogP contribution in [-0.4, -0.2) is 19.4 Å². The summed E-state index contributed by atoms with van der Waals surface area (Å²) in [6.07, 6.45) is 3.81. The molecule has 1 N–H and O–H groups in total. The minimum absolute atomic E-state index is 0.222. The Morgan fingerprint density at radius 1 is 1.18 bits per heavy atom. The molecule has 0 bridgehead atoms. The van der Waals surface area contributed by atoms with E-state index in [0.717, 1.165) is 29.8 Å². The number of quaternary nitrogens is 1. The molecule has 3 heterocycles. The van der Waals surface area contributed by atoms with E-state index in [1.165, 1.54) is 24.2 Å². The van der Waals surface area contributed by atoms with Crippen LogP contribution in [0.25, 0.3) is 11.0 Å². The maximum Gasteiger partial charge on any atom is 0.336 e. The van der Waals surface area contributed by atoms with Crippen molar-refractivity contribution in [3.63, 3.8) is 0 Å². The minimum atomic E-state index is -0.301. The van der Waals surface area contributed by atoms with E-state index in [9.17, 15) is 4.79 Å². The standard InChI is InChI=1S/C17H19NO4/c1-11-4-2-3-5-18(11)9-12-6-17(19)22-14-8-16-15(7-13(12)14)20-10-21-16/h6-8,11H,2-5,9-10H2,1H3/p+1/t11-/m1/s1. The zero-order valence-corrected chi connectivity index (χ0v) is 12.7. The van der Waals surface area contributed by atoms with Crippen LogP contribution in [0.2, 0.25) is 0 Å². The molecule has 2 aliphatic heterocycles.